The van der Waals surface area contributed by atoms with Crippen LogP contribution in [0.4, 0.5) is 0 Å². The van der Waals surface area contributed by atoms with Crippen LogP contribution in [0.25, 0.3) is 0 Å². The van der Waals surface area contributed by atoms with E-state index in [9.17, 15) is 40.5 Å². The van der Waals surface area contributed by atoms with Gasteiger partial charge >= 0.3 is 0 Å². The minimum Gasteiger partial charge on any atom is -0.394 e. The van der Waals surface area contributed by atoms with Gasteiger partial charge in [0.2, 0.25) is 5.91 Å². The Bertz CT molecular complexity index is 1300. The Hall–Kier alpha value is -1.41. The molecule has 8 N–H and O–H groups in total. The lowest BCUT2D eigenvalue weighted by atomic mass is 9.98. The van der Waals surface area contributed by atoms with Crippen molar-refractivity contribution in [2.75, 3.05) is 13.2 Å². The van der Waals surface area contributed by atoms with E-state index in [1.807, 2.05) is 0 Å². The fourth-order valence-corrected chi connectivity index (χ4v) is 10.9. The van der Waals surface area contributed by atoms with E-state index in [2.05, 4.69) is 43.5 Å². The van der Waals surface area contributed by atoms with Gasteiger partial charge in [0, 0.05) is 0 Å². The minimum absolute atomic E-state index is 0.255. The molecule has 1 heterocycles. The second-order valence-electron chi connectivity index (χ2n) is 23.5. The van der Waals surface area contributed by atoms with Crippen LogP contribution in [0.3, 0.4) is 0 Å². The molecule has 1 aliphatic heterocycles. The van der Waals surface area contributed by atoms with Gasteiger partial charge in [-0.05, 0) is 64.2 Å². The molecule has 1 rings (SSSR count). The number of nitrogens with one attached hydrogen (secondary N) is 1. The molecule has 1 saturated heterocycles. The fourth-order valence-electron chi connectivity index (χ4n) is 10.9. The Labute approximate surface area is 474 Å². The van der Waals surface area contributed by atoms with E-state index in [4.69, 9.17) is 9.47 Å². The molecule has 9 unspecified atom stereocenters. The quantitative estimate of drug-likeness (QED) is 0.0215. The summed E-state index contributed by atoms with van der Waals surface area (Å²) in [6.07, 6.45) is 56.8. The Balaban J connectivity index is 2.25. The molecule has 456 valence electrons. The summed E-state index contributed by atoms with van der Waals surface area (Å²) in [6, 6.07) is -1.18. The predicted octanol–water partition coefficient (Wildman–Crippen LogP) is 15.2. The first-order valence-corrected chi connectivity index (χ1v) is 33.2. The van der Waals surface area contributed by atoms with Crippen LogP contribution in [0.5, 0.6) is 0 Å². The highest BCUT2D eigenvalue weighted by atomic mass is 16.7. The smallest absolute Gasteiger partial charge is 0.249 e. The third-order valence-electron chi connectivity index (χ3n) is 16.2. The highest BCUT2D eigenvalue weighted by Crippen LogP contribution is 2.24. The Morgan fingerprint density at radius 2 is 0.766 bits per heavy atom. The lowest BCUT2D eigenvalue weighted by molar-refractivity contribution is -0.303. The summed E-state index contributed by atoms with van der Waals surface area (Å²) in [7, 11) is 0. The van der Waals surface area contributed by atoms with E-state index < -0.39 is 74.2 Å². The minimum atomic E-state index is -1.67. The number of carbonyl (C=O) groups is 1. The summed E-state index contributed by atoms with van der Waals surface area (Å²) in [5.41, 5.74) is 0. The van der Waals surface area contributed by atoms with Crippen LogP contribution in [-0.4, -0.2) is 110 Å². The van der Waals surface area contributed by atoms with Gasteiger partial charge in [0.05, 0.1) is 25.4 Å². The first-order chi connectivity index (χ1) is 37.7. The Morgan fingerprint density at radius 3 is 1.12 bits per heavy atom. The van der Waals surface area contributed by atoms with Gasteiger partial charge in [0.15, 0.2) is 6.29 Å². The summed E-state index contributed by atoms with van der Waals surface area (Å²) >= 11 is 0. The number of aliphatic hydroxyl groups is 7. The van der Waals surface area contributed by atoms with E-state index in [1.54, 1.807) is 0 Å². The van der Waals surface area contributed by atoms with Crippen molar-refractivity contribution >= 4 is 5.91 Å². The molecule has 1 fully saturated rings. The number of hydrogen-bond donors (Lipinski definition) is 8. The van der Waals surface area contributed by atoms with E-state index >= 15 is 0 Å². The lowest BCUT2D eigenvalue weighted by Gasteiger charge is -2.40. The van der Waals surface area contributed by atoms with Crippen LogP contribution >= 0.6 is 0 Å². The average molecular weight is 1090 g/mol. The van der Waals surface area contributed by atoms with Crippen molar-refractivity contribution in [3.63, 3.8) is 0 Å². The van der Waals surface area contributed by atoms with E-state index in [-0.39, 0.29) is 12.8 Å². The molecule has 11 nitrogen and oxygen atoms in total. The van der Waals surface area contributed by atoms with Crippen molar-refractivity contribution in [3.05, 3.63) is 24.3 Å². The molecular formula is C66H127NO10. The van der Waals surface area contributed by atoms with Crippen LogP contribution in [0.1, 0.15) is 322 Å². The van der Waals surface area contributed by atoms with Crippen molar-refractivity contribution < 1.29 is 50.0 Å². The number of unbranched alkanes of at least 4 members (excludes halogenated alkanes) is 42. The number of rotatable bonds is 58. The van der Waals surface area contributed by atoms with Gasteiger partial charge in [0.25, 0.3) is 0 Å². The molecule has 0 spiro atoms. The molecule has 9 atom stereocenters. The monoisotopic (exact) mass is 1090 g/mol. The number of aliphatic hydroxyl groups excluding tert-OH is 7. The molecule has 0 aromatic carbocycles. The van der Waals surface area contributed by atoms with Gasteiger partial charge < -0.3 is 50.5 Å². The fraction of sp³-hybridized carbons (Fsp3) is 0.924. The van der Waals surface area contributed by atoms with Crippen molar-refractivity contribution in [2.24, 2.45) is 0 Å². The highest BCUT2D eigenvalue weighted by molar-refractivity contribution is 5.80. The molecular weight excluding hydrogens is 967 g/mol. The number of allylic oxidation sites excluding steroid dienone is 4. The summed E-state index contributed by atoms with van der Waals surface area (Å²) in [6.45, 7) is 3.49. The number of hydrogen-bond acceptors (Lipinski definition) is 10. The topological polar surface area (TPSA) is 189 Å². The Kier molecular flexibility index (Phi) is 52.7. The van der Waals surface area contributed by atoms with Crippen molar-refractivity contribution in [2.45, 2.75) is 377 Å². The first-order valence-electron chi connectivity index (χ1n) is 33.2. The maximum atomic E-state index is 13.2. The van der Waals surface area contributed by atoms with E-state index in [0.29, 0.717) is 12.8 Å². The summed E-state index contributed by atoms with van der Waals surface area (Å²) < 4.78 is 11.2. The third-order valence-corrected chi connectivity index (χ3v) is 16.2. The van der Waals surface area contributed by atoms with Gasteiger partial charge in [-0.3, -0.25) is 4.79 Å². The standard InChI is InChI=1S/C66H127NO10/c1-3-5-7-9-11-13-15-17-19-21-23-25-27-28-29-30-32-34-36-38-40-42-44-46-48-50-52-54-59(70)65(75)67-57(56-76-66-64(74)63(73)62(72)60(55-68)77-66)61(71)58(69)53-51-49-47-45-43-41-39-37-35-33-31-26-24-22-20-18-16-14-12-10-8-6-4-2/h28-29,45,47,57-64,66,68-74H,3-27,30-44,46,48-56H2,1-2H3,(H,67,75)/b29-28-,47-45+. The molecule has 0 aromatic heterocycles. The van der Waals surface area contributed by atoms with Crippen LogP contribution in [0.15, 0.2) is 24.3 Å². The molecule has 0 bridgehead atoms. The normalized spacial score (nSPS) is 19.6. The van der Waals surface area contributed by atoms with Crippen molar-refractivity contribution in [3.8, 4) is 0 Å². The van der Waals surface area contributed by atoms with Crippen molar-refractivity contribution in [1.82, 2.24) is 5.32 Å². The molecule has 1 aliphatic rings. The summed E-state index contributed by atoms with van der Waals surface area (Å²) in [5.74, 6) is -0.702. The van der Waals surface area contributed by atoms with Crippen LogP contribution < -0.4 is 5.32 Å². The SMILES string of the molecule is CCCCCCCCCCCCCC/C=C\CCCCCCCCCCCCCC(O)C(=O)NC(COC1OC(CO)C(O)C(O)C1O)C(O)C(O)CCC/C=C/CCCCCCCCCCCCCCCCCCCC. The largest absolute Gasteiger partial charge is 0.394 e. The molecule has 0 aliphatic carbocycles. The van der Waals surface area contributed by atoms with Gasteiger partial charge in [-0.25, -0.2) is 0 Å². The molecule has 0 saturated carbocycles. The van der Waals surface area contributed by atoms with Crippen LogP contribution in [-0.2, 0) is 14.3 Å². The van der Waals surface area contributed by atoms with Gasteiger partial charge in [-0.1, -0.05) is 282 Å². The predicted molar refractivity (Wildman–Crippen MR) is 321 cm³/mol. The molecule has 11 heteroatoms. The molecule has 1 amide bonds. The number of carbonyl (C=O) groups excluding carboxylic acids is 1. The maximum Gasteiger partial charge on any atom is 0.249 e. The highest BCUT2D eigenvalue weighted by Gasteiger charge is 2.44. The number of amides is 1. The zero-order valence-electron chi connectivity index (χ0n) is 50.2. The van der Waals surface area contributed by atoms with Crippen LogP contribution in [0, 0.1) is 0 Å². The van der Waals surface area contributed by atoms with E-state index in [0.717, 1.165) is 38.5 Å². The Morgan fingerprint density at radius 1 is 0.442 bits per heavy atom. The zero-order chi connectivity index (χ0) is 56.1. The van der Waals surface area contributed by atoms with Gasteiger partial charge in [0.1, 0.15) is 36.6 Å². The number of ether oxygens (including phenoxy) is 2. The van der Waals surface area contributed by atoms with Crippen LogP contribution in [0.2, 0.25) is 0 Å². The van der Waals surface area contributed by atoms with E-state index in [1.165, 1.54) is 244 Å². The average Bonchev–Trinajstić information content (AvgIpc) is 3.43. The first kappa shape index (κ1) is 73.6. The molecule has 0 aromatic rings. The lowest BCUT2D eigenvalue weighted by Crippen LogP contribution is -2.60. The van der Waals surface area contributed by atoms with Gasteiger partial charge in [-0.2, -0.15) is 0 Å². The maximum absolute atomic E-state index is 13.2. The second-order valence-corrected chi connectivity index (χ2v) is 23.5. The zero-order valence-corrected chi connectivity index (χ0v) is 50.2. The third kappa shape index (κ3) is 43.0. The van der Waals surface area contributed by atoms with Gasteiger partial charge in [-0.15, -0.1) is 0 Å². The summed E-state index contributed by atoms with van der Waals surface area (Å²) in [4.78, 5) is 13.2. The molecule has 77 heavy (non-hydrogen) atoms. The van der Waals surface area contributed by atoms with Crippen molar-refractivity contribution in [1.29, 1.82) is 0 Å². The second kappa shape index (κ2) is 55.1. The summed E-state index contributed by atoms with van der Waals surface area (Å²) in [5, 5.41) is 76.4. The molecule has 0 radical (unpaired) electrons.